The summed E-state index contributed by atoms with van der Waals surface area (Å²) in [7, 11) is -4.04. The molecular formula is C25H18O5P2+2. The van der Waals surface area contributed by atoms with E-state index in [1.807, 2.05) is 12.1 Å². The minimum Gasteiger partial charge on any atom is -0.289 e. The fourth-order valence-corrected chi connectivity index (χ4v) is 4.57. The van der Waals surface area contributed by atoms with Crippen molar-refractivity contribution >= 4 is 32.4 Å². The summed E-state index contributed by atoms with van der Waals surface area (Å²) in [4.78, 5) is 12.8. The van der Waals surface area contributed by atoms with Gasteiger partial charge in [0.25, 0.3) is 0 Å². The Bertz CT molecular complexity index is 1140. The van der Waals surface area contributed by atoms with E-state index in [1.54, 1.807) is 97.1 Å². The van der Waals surface area contributed by atoms with Crippen LogP contribution in [0.15, 0.2) is 109 Å². The second-order valence-corrected chi connectivity index (χ2v) is 9.17. The molecule has 0 aromatic heterocycles. The van der Waals surface area contributed by atoms with E-state index in [9.17, 15) is 13.9 Å². The van der Waals surface area contributed by atoms with E-state index < -0.39 is 16.1 Å². The van der Waals surface area contributed by atoms with Crippen molar-refractivity contribution in [2.24, 2.45) is 0 Å². The average Bonchev–Trinajstić information content (AvgIpc) is 2.85. The smallest absolute Gasteiger partial charge is 0.289 e. The van der Waals surface area contributed by atoms with Crippen LogP contribution >= 0.6 is 16.1 Å². The van der Waals surface area contributed by atoms with Crippen molar-refractivity contribution in [2.75, 3.05) is 0 Å². The van der Waals surface area contributed by atoms with Gasteiger partial charge in [-0.2, -0.15) is 0 Å². The average molecular weight is 460 g/mol. The van der Waals surface area contributed by atoms with Gasteiger partial charge < -0.3 is 0 Å². The lowest BCUT2D eigenvalue weighted by Gasteiger charge is -2.02. The second kappa shape index (κ2) is 10.1. The van der Waals surface area contributed by atoms with E-state index in [2.05, 4.69) is 0 Å². The maximum Gasteiger partial charge on any atom is 0.597 e. The molecule has 2 atom stereocenters. The molecule has 4 aromatic carbocycles. The SMILES string of the molecule is O=C(c1ccc(O[P+](=O)c2ccccc2)cc1)c1ccc(O[P+](=O)c2ccccc2)cc1. The fraction of sp³-hybridized carbons (Fsp3) is 0. The van der Waals surface area contributed by atoms with Crippen LogP contribution in [0.3, 0.4) is 0 Å². The van der Waals surface area contributed by atoms with Gasteiger partial charge in [0.15, 0.2) is 17.3 Å². The topological polar surface area (TPSA) is 69.7 Å². The maximum absolute atomic E-state index is 12.8. The van der Waals surface area contributed by atoms with E-state index in [0.717, 1.165) is 0 Å². The Morgan fingerprint density at radius 3 is 1.19 bits per heavy atom. The predicted molar refractivity (Wildman–Crippen MR) is 125 cm³/mol. The summed E-state index contributed by atoms with van der Waals surface area (Å²) in [5.74, 6) is 0.656. The molecule has 0 spiro atoms. The van der Waals surface area contributed by atoms with E-state index in [0.29, 0.717) is 33.2 Å². The fourth-order valence-electron chi connectivity index (χ4n) is 2.90. The molecule has 32 heavy (non-hydrogen) atoms. The first-order valence-corrected chi connectivity index (χ1v) is 12.1. The monoisotopic (exact) mass is 460 g/mol. The Kier molecular flexibility index (Phi) is 6.81. The van der Waals surface area contributed by atoms with Crippen molar-refractivity contribution in [2.45, 2.75) is 0 Å². The molecule has 0 fully saturated rings. The highest BCUT2D eigenvalue weighted by Gasteiger charge is 2.24. The highest BCUT2D eigenvalue weighted by Crippen LogP contribution is 2.28. The number of benzene rings is 4. The van der Waals surface area contributed by atoms with Gasteiger partial charge in [-0.3, -0.25) is 13.8 Å². The first-order chi connectivity index (χ1) is 15.6. The minimum atomic E-state index is -2.02. The van der Waals surface area contributed by atoms with E-state index >= 15 is 0 Å². The third-order valence-electron chi connectivity index (χ3n) is 4.54. The van der Waals surface area contributed by atoms with Crippen molar-refractivity contribution in [3.8, 4) is 11.5 Å². The van der Waals surface area contributed by atoms with Gasteiger partial charge in [-0.1, -0.05) is 36.4 Å². The highest BCUT2D eigenvalue weighted by molar-refractivity contribution is 7.49. The Balaban J connectivity index is 1.39. The predicted octanol–water partition coefficient (Wildman–Crippen LogP) is 5.81. The van der Waals surface area contributed by atoms with E-state index in [4.69, 9.17) is 9.05 Å². The molecule has 2 unspecified atom stereocenters. The van der Waals surface area contributed by atoms with Crippen LogP contribution in [0.1, 0.15) is 15.9 Å². The van der Waals surface area contributed by atoms with Crippen molar-refractivity contribution in [3.05, 3.63) is 120 Å². The van der Waals surface area contributed by atoms with Crippen LogP contribution in [-0.2, 0) is 9.13 Å². The zero-order chi connectivity index (χ0) is 22.3. The van der Waals surface area contributed by atoms with Gasteiger partial charge in [0.05, 0.1) is 0 Å². The Labute approximate surface area is 187 Å². The standard InChI is InChI=1S/C25H18O5P2/c26-25(19-11-15-21(16-12-19)29-31(27)23-7-3-1-4-8-23)20-13-17-22(18-14-20)30-32(28)24-9-5-2-6-10-24/h1-18H/q+2. The first kappa shape index (κ1) is 21.6. The van der Waals surface area contributed by atoms with Crippen LogP contribution < -0.4 is 19.7 Å². The number of carbonyl (C=O) groups is 1. The van der Waals surface area contributed by atoms with Crippen molar-refractivity contribution in [1.29, 1.82) is 0 Å². The molecule has 4 aromatic rings. The molecule has 5 nitrogen and oxygen atoms in total. The van der Waals surface area contributed by atoms with Crippen LogP contribution in [0.25, 0.3) is 0 Å². The summed E-state index contributed by atoms with van der Waals surface area (Å²) in [6, 6.07) is 30.8. The summed E-state index contributed by atoms with van der Waals surface area (Å²) < 4.78 is 35.5. The Hall–Kier alpha value is -3.65. The molecule has 0 bridgehead atoms. The van der Waals surface area contributed by atoms with Crippen LogP contribution in [0.5, 0.6) is 11.5 Å². The summed E-state index contributed by atoms with van der Waals surface area (Å²) in [5, 5.41) is 1.19. The lowest BCUT2D eigenvalue weighted by atomic mass is 10.0. The highest BCUT2D eigenvalue weighted by atomic mass is 31.1. The quantitative estimate of drug-likeness (QED) is 0.245. The van der Waals surface area contributed by atoms with Gasteiger partial charge in [0.2, 0.25) is 10.6 Å². The van der Waals surface area contributed by atoms with E-state index in [-0.39, 0.29) is 5.78 Å². The van der Waals surface area contributed by atoms with E-state index in [1.165, 1.54) is 0 Å². The number of carbonyl (C=O) groups excluding carboxylic acids is 1. The molecule has 0 aliphatic heterocycles. The van der Waals surface area contributed by atoms with Gasteiger partial charge in [-0.05, 0) is 81.9 Å². The lowest BCUT2D eigenvalue weighted by Crippen LogP contribution is -2.02. The summed E-state index contributed by atoms with van der Waals surface area (Å²) in [6.45, 7) is 0. The molecule has 0 saturated carbocycles. The molecule has 0 radical (unpaired) electrons. The number of ketones is 1. The normalized spacial score (nSPS) is 11.4. The Morgan fingerprint density at radius 2 is 0.844 bits per heavy atom. The van der Waals surface area contributed by atoms with Crippen LogP contribution in [-0.4, -0.2) is 5.78 Å². The molecule has 0 aliphatic carbocycles. The minimum absolute atomic E-state index is 0.178. The molecule has 4 rings (SSSR count). The third-order valence-corrected chi connectivity index (χ3v) is 6.74. The first-order valence-electron chi connectivity index (χ1n) is 9.75. The molecule has 0 N–H and O–H groups in total. The molecule has 0 aliphatic rings. The zero-order valence-electron chi connectivity index (χ0n) is 16.8. The number of rotatable bonds is 8. The number of hydrogen-bond acceptors (Lipinski definition) is 5. The second-order valence-electron chi connectivity index (χ2n) is 6.75. The summed E-state index contributed by atoms with van der Waals surface area (Å²) in [5.41, 5.74) is 0.938. The third kappa shape index (κ3) is 5.33. The Morgan fingerprint density at radius 1 is 0.500 bits per heavy atom. The molecule has 156 valence electrons. The van der Waals surface area contributed by atoms with Gasteiger partial charge >= 0.3 is 16.1 Å². The van der Waals surface area contributed by atoms with Gasteiger partial charge in [0.1, 0.15) is 0 Å². The summed E-state index contributed by atoms with van der Waals surface area (Å²) >= 11 is 0. The molecule has 7 heteroatoms. The molecule has 0 heterocycles. The zero-order valence-corrected chi connectivity index (χ0v) is 18.6. The molecular weight excluding hydrogens is 442 g/mol. The maximum atomic E-state index is 12.8. The molecule has 0 saturated heterocycles. The largest absolute Gasteiger partial charge is 0.597 e. The molecule has 0 amide bonds. The summed E-state index contributed by atoms with van der Waals surface area (Å²) in [6.07, 6.45) is 0. The van der Waals surface area contributed by atoms with Crippen LogP contribution in [0.2, 0.25) is 0 Å². The van der Waals surface area contributed by atoms with Crippen LogP contribution in [0, 0.1) is 0 Å². The number of hydrogen-bond donors (Lipinski definition) is 0. The van der Waals surface area contributed by atoms with Gasteiger partial charge in [-0.15, -0.1) is 0 Å². The van der Waals surface area contributed by atoms with Crippen molar-refractivity contribution in [3.63, 3.8) is 0 Å². The van der Waals surface area contributed by atoms with Crippen molar-refractivity contribution in [1.82, 2.24) is 0 Å². The van der Waals surface area contributed by atoms with Gasteiger partial charge in [-0.25, -0.2) is 0 Å². The van der Waals surface area contributed by atoms with Crippen molar-refractivity contribution < 1.29 is 23.0 Å². The lowest BCUT2D eigenvalue weighted by molar-refractivity contribution is 0.103. The van der Waals surface area contributed by atoms with Gasteiger partial charge in [0, 0.05) is 11.1 Å². The van der Waals surface area contributed by atoms with Crippen LogP contribution in [0.4, 0.5) is 0 Å².